The molecule has 2 rings (SSSR count). The van der Waals surface area contributed by atoms with E-state index >= 15 is 0 Å². The van der Waals surface area contributed by atoms with Crippen LogP contribution in [0.1, 0.15) is 29.8 Å². The molecule has 0 radical (unpaired) electrons. The average molecular weight is 316 g/mol. The Kier molecular flexibility index (Phi) is 5.19. The van der Waals surface area contributed by atoms with Crippen LogP contribution in [0.5, 0.6) is 0 Å². The minimum atomic E-state index is -1.21. The topological polar surface area (TPSA) is 83.4 Å². The monoisotopic (exact) mass is 315 g/mol. The molecule has 0 bridgehead atoms. The standard InChI is InChI=1S/C12H14ClN3O3S/c13-8-6-14-12(15-10(8)11(18)19)20-7-9(17)16-4-2-1-3-5-16/h6H,1-5,7H2,(H,18,19). The van der Waals surface area contributed by atoms with Gasteiger partial charge in [-0.3, -0.25) is 4.79 Å². The second kappa shape index (κ2) is 6.90. The first kappa shape index (κ1) is 15.1. The van der Waals surface area contributed by atoms with Crippen LogP contribution >= 0.6 is 23.4 Å². The molecule has 20 heavy (non-hydrogen) atoms. The molecule has 1 aliphatic rings. The third-order valence-corrected chi connectivity index (χ3v) is 4.08. The van der Waals surface area contributed by atoms with Crippen molar-refractivity contribution in [1.82, 2.24) is 14.9 Å². The average Bonchev–Trinajstić information content (AvgIpc) is 2.46. The molecule has 6 nitrogen and oxygen atoms in total. The normalized spacial score (nSPS) is 15.2. The highest BCUT2D eigenvalue weighted by molar-refractivity contribution is 7.99. The summed E-state index contributed by atoms with van der Waals surface area (Å²) in [5.74, 6) is -0.965. The zero-order valence-electron chi connectivity index (χ0n) is 10.7. The number of piperidine rings is 1. The molecule has 8 heteroatoms. The van der Waals surface area contributed by atoms with Crippen LogP contribution in [0.2, 0.25) is 5.02 Å². The lowest BCUT2D eigenvalue weighted by molar-refractivity contribution is -0.129. The number of carboxylic acids is 1. The Bertz CT molecular complexity index is 521. The Hall–Kier alpha value is -1.34. The Morgan fingerprint density at radius 2 is 2.05 bits per heavy atom. The third-order valence-electron chi connectivity index (χ3n) is 2.96. The molecular formula is C12H14ClN3O3S. The van der Waals surface area contributed by atoms with Crippen molar-refractivity contribution in [3.05, 3.63) is 16.9 Å². The highest BCUT2D eigenvalue weighted by Crippen LogP contribution is 2.19. The maximum atomic E-state index is 12.0. The SMILES string of the molecule is O=C(O)c1nc(SCC(=O)N2CCCCC2)ncc1Cl. The van der Waals surface area contributed by atoms with Crippen molar-refractivity contribution >= 4 is 35.2 Å². The summed E-state index contributed by atoms with van der Waals surface area (Å²) in [5.41, 5.74) is -0.241. The Labute approximate surface area is 125 Å². The number of hydrogen-bond donors (Lipinski definition) is 1. The van der Waals surface area contributed by atoms with E-state index < -0.39 is 5.97 Å². The molecule has 108 valence electrons. The van der Waals surface area contributed by atoms with E-state index in [0.29, 0.717) is 0 Å². The van der Waals surface area contributed by atoms with E-state index in [1.807, 2.05) is 4.90 Å². The largest absolute Gasteiger partial charge is 0.476 e. The van der Waals surface area contributed by atoms with Crippen molar-refractivity contribution < 1.29 is 14.7 Å². The second-order valence-electron chi connectivity index (χ2n) is 4.38. The van der Waals surface area contributed by atoms with E-state index in [4.69, 9.17) is 16.7 Å². The van der Waals surface area contributed by atoms with Gasteiger partial charge in [-0.15, -0.1) is 0 Å². The van der Waals surface area contributed by atoms with E-state index in [9.17, 15) is 9.59 Å². The highest BCUT2D eigenvalue weighted by Gasteiger charge is 2.18. The maximum Gasteiger partial charge on any atom is 0.356 e. The zero-order valence-corrected chi connectivity index (χ0v) is 12.3. The number of hydrogen-bond acceptors (Lipinski definition) is 5. The number of thioether (sulfide) groups is 1. The van der Waals surface area contributed by atoms with Gasteiger partial charge in [-0.2, -0.15) is 0 Å². The smallest absolute Gasteiger partial charge is 0.356 e. The summed E-state index contributed by atoms with van der Waals surface area (Å²) in [5, 5.41) is 9.15. The molecule has 1 N–H and O–H groups in total. The quantitative estimate of drug-likeness (QED) is 0.675. The van der Waals surface area contributed by atoms with Gasteiger partial charge in [-0.1, -0.05) is 23.4 Å². The predicted octanol–water partition coefficient (Wildman–Crippen LogP) is 1.93. The fourth-order valence-corrected chi connectivity index (χ4v) is 2.82. The number of amides is 1. The van der Waals surface area contributed by atoms with Crippen LogP contribution in [0, 0.1) is 0 Å². The van der Waals surface area contributed by atoms with Gasteiger partial charge in [0.25, 0.3) is 0 Å². The first-order valence-electron chi connectivity index (χ1n) is 6.24. The summed E-state index contributed by atoms with van der Waals surface area (Å²) in [6.07, 6.45) is 4.49. The molecule has 1 saturated heterocycles. The van der Waals surface area contributed by atoms with Crippen LogP contribution in [0.4, 0.5) is 0 Å². The van der Waals surface area contributed by atoms with Crippen LogP contribution < -0.4 is 0 Å². The van der Waals surface area contributed by atoms with Gasteiger partial charge >= 0.3 is 5.97 Å². The molecule has 0 atom stereocenters. The minimum absolute atomic E-state index is 0.00999. The number of aromatic nitrogens is 2. The molecule has 1 fully saturated rings. The van der Waals surface area contributed by atoms with Crippen LogP contribution in [-0.2, 0) is 4.79 Å². The molecule has 1 aromatic heterocycles. The van der Waals surface area contributed by atoms with Crippen molar-refractivity contribution in [3.8, 4) is 0 Å². The molecule has 1 amide bonds. The number of rotatable bonds is 4. The number of carbonyl (C=O) groups is 2. The van der Waals surface area contributed by atoms with Gasteiger partial charge in [0.05, 0.1) is 17.0 Å². The van der Waals surface area contributed by atoms with E-state index in [1.54, 1.807) is 0 Å². The molecule has 0 saturated carbocycles. The number of aromatic carboxylic acids is 1. The van der Waals surface area contributed by atoms with Crippen LogP contribution in [0.3, 0.4) is 0 Å². The Morgan fingerprint density at radius 1 is 1.35 bits per heavy atom. The summed E-state index contributed by atoms with van der Waals surface area (Å²) >= 11 is 6.81. The van der Waals surface area contributed by atoms with Gasteiger partial charge in [-0.25, -0.2) is 14.8 Å². The number of nitrogens with zero attached hydrogens (tertiary/aromatic N) is 3. The molecule has 0 aliphatic carbocycles. The summed E-state index contributed by atoms with van der Waals surface area (Å²) in [7, 11) is 0. The van der Waals surface area contributed by atoms with Crippen molar-refractivity contribution in [2.24, 2.45) is 0 Å². The molecule has 0 aromatic carbocycles. The fourth-order valence-electron chi connectivity index (χ4n) is 1.93. The fraction of sp³-hybridized carbons (Fsp3) is 0.500. The van der Waals surface area contributed by atoms with Crippen molar-refractivity contribution in [2.45, 2.75) is 24.4 Å². The van der Waals surface area contributed by atoms with Crippen molar-refractivity contribution in [3.63, 3.8) is 0 Å². The van der Waals surface area contributed by atoms with E-state index in [-0.39, 0.29) is 27.5 Å². The number of carbonyl (C=O) groups excluding carboxylic acids is 1. The number of halogens is 1. The lowest BCUT2D eigenvalue weighted by Crippen LogP contribution is -2.36. The number of likely N-dealkylation sites (tertiary alicyclic amines) is 1. The summed E-state index contributed by atoms with van der Waals surface area (Å²) in [6.45, 7) is 1.59. The predicted molar refractivity (Wildman–Crippen MR) is 75.2 cm³/mol. The third kappa shape index (κ3) is 3.83. The highest BCUT2D eigenvalue weighted by atomic mass is 35.5. The lowest BCUT2D eigenvalue weighted by atomic mass is 10.1. The van der Waals surface area contributed by atoms with Gasteiger partial charge in [0.15, 0.2) is 10.9 Å². The van der Waals surface area contributed by atoms with E-state index in [0.717, 1.165) is 37.7 Å². The first-order valence-corrected chi connectivity index (χ1v) is 7.60. The zero-order chi connectivity index (χ0) is 14.5. The Morgan fingerprint density at radius 3 is 2.70 bits per heavy atom. The van der Waals surface area contributed by atoms with Crippen LogP contribution in [0.25, 0.3) is 0 Å². The molecular weight excluding hydrogens is 302 g/mol. The van der Waals surface area contributed by atoms with Crippen LogP contribution in [0.15, 0.2) is 11.4 Å². The lowest BCUT2D eigenvalue weighted by Gasteiger charge is -2.26. The number of carboxylic acid groups (broad SMARTS) is 1. The second-order valence-corrected chi connectivity index (χ2v) is 5.73. The molecule has 1 aromatic rings. The first-order chi connectivity index (χ1) is 9.58. The summed E-state index contributed by atoms with van der Waals surface area (Å²) < 4.78 is 0. The van der Waals surface area contributed by atoms with Crippen molar-refractivity contribution in [2.75, 3.05) is 18.8 Å². The van der Waals surface area contributed by atoms with Gasteiger partial charge in [0, 0.05) is 13.1 Å². The summed E-state index contributed by atoms with van der Waals surface area (Å²) in [4.78, 5) is 32.5. The van der Waals surface area contributed by atoms with Gasteiger partial charge in [0.1, 0.15) is 0 Å². The molecule has 1 aliphatic heterocycles. The van der Waals surface area contributed by atoms with Crippen LogP contribution in [-0.4, -0.2) is 50.7 Å². The molecule has 0 unspecified atom stereocenters. The Balaban J connectivity index is 1.95. The van der Waals surface area contributed by atoms with Gasteiger partial charge in [-0.05, 0) is 19.3 Å². The maximum absolute atomic E-state index is 12.0. The summed E-state index contributed by atoms with van der Waals surface area (Å²) in [6, 6.07) is 0. The molecule has 2 heterocycles. The van der Waals surface area contributed by atoms with E-state index in [1.165, 1.54) is 12.6 Å². The minimum Gasteiger partial charge on any atom is -0.476 e. The van der Waals surface area contributed by atoms with Gasteiger partial charge in [0.2, 0.25) is 5.91 Å². The van der Waals surface area contributed by atoms with Crippen molar-refractivity contribution in [1.29, 1.82) is 0 Å². The van der Waals surface area contributed by atoms with E-state index in [2.05, 4.69) is 9.97 Å². The van der Waals surface area contributed by atoms with Gasteiger partial charge < -0.3 is 10.0 Å². The molecule has 0 spiro atoms.